The van der Waals surface area contributed by atoms with E-state index in [0.717, 1.165) is 10.4 Å². The van der Waals surface area contributed by atoms with Gasteiger partial charge in [0, 0.05) is 4.88 Å². The highest BCUT2D eigenvalue weighted by Crippen LogP contribution is 2.35. The van der Waals surface area contributed by atoms with E-state index in [0.29, 0.717) is 10.4 Å². The molecular formula is C12H12O4S2. The largest absolute Gasteiger partial charge is 0.392 e. The van der Waals surface area contributed by atoms with Crippen molar-refractivity contribution >= 4 is 21.5 Å². The van der Waals surface area contributed by atoms with E-state index < -0.39 is 10.1 Å². The lowest BCUT2D eigenvalue weighted by Crippen LogP contribution is -1.97. The maximum Gasteiger partial charge on any atom is 0.295 e. The number of hydrogen-bond acceptors (Lipinski definition) is 4. The van der Waals surface area contributed by atoms with Crippen molar-refractivity contribution in [3.05, 3.63) is 40.8 Å². The zero-order valence-corrected chi connectivity index (χ0v) is 11.3. The van der Waals surface area contributed by atoms with Crippen molar-refractivity contribution in [2.24, 2.45) is 0 Å². The molecule has 0 aliphatic heterocycles. The minimum atomic E-state index is -4.22. The smallest absolute Gasteiger partial charge is 0.295 e. The number of aliphatic hydroxyl groups is 1. The van der Waals surface area contributed by atoms with Crippen molar-refractivity contribution in [3.8, 4) is 10.4 Å². The van der Waals surface area contributed by atoms with E-state index in [2.05, 4.69) is 0 Å². The summed E-state index contributed by atoms with van der Waals surface area (Å²) in [6.45, 7) is 1.72. The summed E-state index contributed by atoms with van der Waals surface area (Å²) >= 11 is 1.31. The highest BCUT2D eigenvalue weighted by Gasteiger charge is 2.19. The lowest BCUT2D eigenvalue weighted by atomic mass is 10.1. The van der Waals surface area contributed by atoms with E-state index in [1.807, 2.05) is 0 Å². The summed E-state index contributed by atoms with van der Waals surface area (Å²) in [6, 6.07) is 8.35. The summed E-state index contributed by atoms with van der Waals surface area (Å²) in [5, 5.41) is 8.95. The molecule has 0 unspecified atom stereocenters. The van der Waals surface area contributed by atoms with Crippen molar-refractivity contribution < 1.29 is 18.1 Å². The Kier molecular flexibility index (Phi) is 3.54. The Balaban J connectivity index is 2.56. The van der Waals surface area contributed by atoms with Crippen molar-refractivity contribution in [1.82, 2.24) is 0 Å². The van der Waals surface area contributed by atoms with Gasteiger partial charge in [0.1, 0.15) is 4.90 Å². The molecule has 2 N–H and O–H groups in total. The van der Waals surface area contributed by atoms with Gasteiger partial charge >= 0.3 is 0 Å². The van der Waals surface area contributed by atoms with Crippen LogP contribution in [-0.4, -0.2) is 18.1 Å². The van der Waals surface area contributed by atoms with Crippen LogP contribution in [0.2, 0.25) is 0 Å². The van der Waals surface area contributed by atoms with Gasteiger partial charge in [-0.15, -0.1) is 11.3 Å². The van der Waals surface area contributed by atoms with E-state index in [-0.39, 0.29) is 11.5 Å². The van der Waals surface area contributed by atoms with Crippen LogP contribution in [0.15, 0.2) is 35.2 Å². The second-order valence-electron chi connectivity index (χ2n) is 3.88. The fourth-order valence-electron chi connectivity index (χ4n) is 1.65. The highest BCUT2D eigenvalue weighted by molar-refractivity contribution is 7.86. The van der Waals surface area contributed by atoms with Gasteiger partial charge in [-0.1, -0.05) is 24.3 Å². The first kappa shape index (κ1) is 13.2. The van der Waals surface area contributed by atoms with E-state index in [1.165, 1.54) is 17.4 Å². The fraction of sp³-hybridized carbons (Fsp3) is 0.167. The van der Waals surface area contributed by atoms with Crippen LogP contribution in [0, 0.1) is 6.92 Å². The van der Waals surface area contributed by atoms with Crippen LogP contribution < -0.4 is 0 Å². The summed E-state index contributed by atoms with van der Waals surface area (Å²) in [4.78, 5) is 1.25. The number of aliphatic hydroxyl groups excluding tert-OH is 1. The van der Waals surface area contributed by atoms with Gasteiger partial charge in [0.15, 0.2) is 0 Å². The first-order chi connectivity index (χ1) is 8.41. The van der Waals surface area contributed by atoms with Gasteiger partial charge in [0.2, 0.25) is 0 Å². The molecule has 2 rings (SSSR count). The monoisotopic (exact) mass is 284 g/mol. The Morgan fingerprint density at radius 1 is 1.22 bits per heavy atom. The molecule has 6 heteroatoms. The first-order valence-corrected chi connectivity index (χ1v) is 7.45. The Hall–Kier alpha value is -1.21. The molecule has 18 heavy (non-hydrogen) atoms. The molecule has 2 aromatic rings. The Labute approximate surface area is 109 Å². The molecule has 4 nitrogen and oxygen atoms in total. The lowest BCUT2D eigenvalue weighted by molar-refractivity contribution is 0.282. The summed E-state index contributed by atoms with van der Waals surface area (Å²) in [5.74, 6) is 0. The molecular weight excluding hydrogens is 272 g/mol. The molecule has 0 saturated carbocycles. The summed E-state index contributed by atoms with van der Waals surface area (Å²) < 4.78 is 31.8. The van der Waals surface area contributed by atoms with Gasteiger partial charge in [-0.05, 0) is 24.1 Å². The van der Waals surface area contributed by atoms with Crippen LogP contribution in [0.1, 0.15) is 10.4 Å². The minimum absolute atomic E-state index is 0.0606. The third-order valence-corrected chi connectivity index (χ3v) is 4.60. The molecule has 0 spiro atoms. The lowest BCUT2D eigenvalue weighted by Gasteiger charge is -2.02. The van der Waals surface area contributed by atoms with Crippen LogP contribution in [0.4, 0.5) is 0 Å². The van der Waals surface area contributed by atoms with Crippen LogP contribution in [0.3, 0.4) is 0 Å². The Bertz CT molecular complexity index is 654. The van der Waals surface area contributed by atoms with E-state index in [4.69, 9.17) is 5.11 Å². The maximum absolute atomic E-state index is 11.3. The number of aryl methyl sites for hydroxylation is 1. The molecule has 0 aliphatic carbocycles. The SMILES string of the molecule is Cc1cc(S(=O)(=O)O)c(-c2ccc(CO)cc2)s1. The number of rotatable bonds is 3. The molecule has 0 saturated heterocycles. The van der Waals surface area contributed by atoms with E-state index in [1.54, 1.807) is 31.2 Å². The standard InChI is InChI=1S/C12H12O4S2/c1-8-6-11(18(14,15)16)12(17-8)10-4-2-9(7-13)3-5-10/h2-6,13H,7H2,1H3,(H,14,15,16). The second kappa shape index (κ2) is 4.81. The molecule has 0 atom stereocenters. The van der Waals surface area contributed by atoms with Crippen LogP contribution in [-0.2, 0) is 16.7 Å². The predicted octanol–water partition coefficient (Wildman–Crippen LogP) is 2.46. The van der Waals surface area contributed by atoms with Gasteiger partial charge in [-0.25, -0.2) is 0 Å². The van der Waals surface area contributed by atoms with Crippen LogP contribution in [0.25, 0.3) is 10.4 Å². The van der Waals surface area contributed by atoms with Gasteiger partial charge in [-0.2, -0.15) is 8.42 Å². The van der Waals surface area contributed by atoms with Crippen molar-refractivity contribution in [2.75, 3.05) is 0 Å². The second-order valence-corrected chi connectivity index (χ2v) is 6.53. The van der Waals surface area contributed by atoms with Gasteiger partial charge in [-0.3, -0.25) is 4.55 Å². The topological polar surface area (TPSA) is 74.6 Å². The molecule has 1 aromatic carbocycles. The number of benzene rings is 1. The van der Waals surface area contributed by atoms with Crippen LogP contribution >= 0.6 is 11.3 Å². The van der Waals surface area contributed by atoms with E-state index in [9.17, 15) is 13.0 Å². The maximum atomic E-state index is 11.3. The Morgan fingerprint density at radius 3 is 2.33 bits per heavy atom. The molecule has 0 aliphatic rings. The number of thiophene rings is 1. The van der Waals surface area contributed by atoms with Gasteiger partial charge < -0.3 is 5.11 Å². The molecule has 1 aromatic heterocycles. The quantitative estimate of drug-likeness (QED) is 0.849. The van der Waals surface area contributed by atoms with Crippen molar-refractivity contribution in [2.45, 2.75) is 18.4 Å². The summed E-state index contributed by atoms with van der Waals surface area (Å²) in [5.41, 5.74) is 1.46. The molecule has 0 fully saturated rings. The molecule has 0 bridgehead atoms. The summed E-state index contributed by atoms with van der Waals surface area (Å²) in [7, 11) is -4.22. The fourth-order valence-corrected chi connectivity index (χ4v) is 3.75. The zero-order valence-electron chi connectivity index (χ0n) is 9.62. The normalized spacial score (nSPS) is 11.7. The zero-order chi connectivity index (χ0) is 13.3. The molecule has 96 valence electrons. The minimum Gasteiger partial charge on any atom is -0.392 e. The van der Waals surface area contributed by atoms with Crippen molar-refractivity contribution in [1.29, 1.82) is 0 Å². The van der Waals surface area contributed by atoms with Gasteiger partial charge in [0.05, 0.1) is 11.5 Å². The predicted molar refractivity (Wildman–Crippen MR) is 70.2 cm³/mol. The Morgan fingerprint density at radius 2 is 1.83 bits per heavy atom. The third kappa shape index (κ3) is 2.62. The molecule has 0 amide bonds. The summed E-state index contributed by atoms with van der Waals surface area (Å²) in [6.07, 6.45) is 0. The molecule has 1 heterocycles. The third-order valence-electron chi connectivity index (χ3n) is 2.50. The van der Waals surface area contributed by atoms with Crippen molar-refractivity contribution in [3.63, 3.8) is 0 Å². The highest BCUT2D eigenvalue weighted by atomic mass is 32.2. The first-order valence-electron chi connectivity index (χ1n) is 5.20. The number of hydrogen-bond donors (Lipinski definition) is 2. The van der Waals surface area contributed by atoms with Gasteiger partial charge in [0.25, 0.3) is 10.1 Å². The molecule has 0 radical (unpaired) electrons. The average molecular weight is 284 g/mol. The average Bonchev–Trinajstić information content (AvgIpc) is 2.71. The van der Waals surface area contributed by atoms with E-state index >= 15 is 0 Å². The van der Waals surface area contributed by atoms with Crippen LogP contribution in [0.5, 0.6) is 0 Å².